The van der Waals surface area contributed by atoms with Crippen LogP contribution >= 0.6 is 11.6 Å². The van der Waals surface area contributed by atoms with Gasteiger partial charge in [0, 0.05) is 13.0 Å². The fourth-order valence-electron chi connectivity index (χ4n) is 1.49. The summed E-state index contributed by atoms with van der Waals surface area (Å²) in [5.41, 5.74) is 0.925. The number of amides is 1. The molecule has 0 saturated heterocycles. The van der Waals surface area contributed by atoms with Gasteiger partial charge in [0.05, 0.1) is 5.02 Å². The smallest absolute Gasteiger partial charge is 0.326 e. The van der Waals surface area contributed by atoms with Crippen LogP contribution in [0.2, 0.25) is 5.02 Å². The second kappa shape index (κ2) is 7.72. The van der Waals surface area contributed by atoms with Crippen molar-refractivity contribution in [2.75, 3.05) is 13.2 Å². The topological polar surface area (TPSA) is 95.9 Å². The number of hydrogen-bond acceptors (Lipinski definition) is 4. The van der Waals surface area contributed by atoms with Crippen LogP contribution in [0.25, 0.3) is 0 Å². The number of benzene rings is 1. The predicted molar refractivity (Wildman–Crippen MR) is 73.0 cm³/mol. The first-order chi connectivity index (χ1) is 9.43. The molecular formula is C13H16ClNO5. The molecule has 0 aliphatic rings. The zero-order chi connectivity index (χ0) is 15.1. The van der Waals surface area contributed by atoms with Gasteiger partial charge in [-0.15, -0.1) is 0 Å². The second-order valence-corrected chi connectivity index (χ2v) is 4.60. The predicted octanol–water partition coefficient (Wildman–Crippen LogP) is 0.979. The number of aryl methyl sites for hydroxylation is 1. The van der Waals surface area contributed by atoms with Crippen molar-refractivity contribution in [3.8, 4) is 5.75 Å². The third kappa shape index (κ3) is 5.07. The van der Waals surface area contributed by atoms with Crippen molar-refractivity contribution < 1.29 is 24.5 Å². The summed E-state index contributed by atoms with van der Waals surface area (Å²) in [6, 6.07) is 3.99. The minimum atomic E-state index is -1.21. The lowest BCUT2D eigenvalue weighted by Crippen LogP contribution is -2.43. The minimum Gasteiger partial charge on any atom is -0.482 e. The molecule has 1 amide bonds. The summed E-state index contributed by atoms with van der Waals surface area (Å²) in [5, 5.41) is 20.2. The maximum atomic E-state index is 11.6. The molecule has 0 bridgehead atoms. The number of aliphatic hydroxyl groups excluding tert-OH is 1. The van der Waals surface area contributed by atoms with E-state index in [1.54, 1.807) is 18.2 Å². The summed E-state index contributed by atoms with van der Waals surface area (Å²) >= 11 is 5.90. The lowest BCUT2D eigenvalue weighted by atomic mass is 10.2. The maximum Gasteiger partial charge on any atom is 0.326 e. The monoisotopic (exact) mass is 301 g/mol. The third-order valence-electron chi connectivity index (χ3n) is 2.50. The average molecular weight is 302 g/mol. The van der Waals surface area contributed by atoms with E-state index in [9.17, 15) is 9.59 Å². The molecule has 6 nitrogen and oxygen atoms in total. The summed E-state index contributed by atoms with van der Waals surface area (Å²) in [5.74, 6) is -1.44. The minimum absolute atomic E-state index is 0.0632. The van der Waals surface area contributed by atoms with Crippen LogP contribution in [0.1, 0.15) is 12.0 Å². The molecule has 110 valence electrons. The zero-order valence-corrected chi connectivity index (χ0v) is 11.7. The first-order valence-corrected chi connectivity index (χ1v) is 6.34. The lowest BCUT2D eigenvalue weighted by Gasteiger charge is -2.14. The molecule has 3 N–H and O–H groups in total. The van der Waals surface area contributed by atoms with Gasteiger partial charge in [0.15, 0.2) is 6.61 Å². The highest BCUT2D eigenvalue weighted by Crippen LogP contribution is 2.24. The number of nitrogens with one attached hydrogen (secondary N) is 1. The number of ether oxygens (including phenoxy) is 1. The Kier molecular flexibility index (Phi) is 6.27. The van der Waals surface area contributed by atoms with Gasteiger partial charge in [0.2, 0.25) is 0 Å². The van der Waals surface area contributed by atoms with Gasteiger partial charge in [-0.2, -0.15) is 0 Å². The molecule has 0 radical (unpaired) electrons. The van der Waals surface area contributed by atoms with E-state index >= 15 is 0 Å². The first kappa shape index (κ1) is 16.3. The van der Waals surface area contributed by atoms with Crippen LogP contribution in [0, 0.1) is 6.92 Å². The number of halogens is 1. The van der Waals surface area contributed by atoms with Crippen molar-refractivity contribution in [1.82, 2.24) is 5.32 Å². The van der Waals surface area contributed by atoms with E-state index in [-0.39, 0.29) is 19.6 Å². The van der Waals surface area contributed by atoms with E-state index in [4.69, 9.17) is 26.6 Å². The van der Waals surface area contributed by atoms with E-state index in [1.165, 1.54) is 0 Å². The van der Waals surface area contributed by atoms with Crippen LogP contribution < -0.4 is 10.1 Å². The zero-order valence-electron chi connectivity index (χ0n) is 10.9. The van der Waals surface area contributed by atoms with Crippen LogP contribution in [0.15, 0.2) is 18.2 Å². The van der Waals surface area contributed by atoms with Gasteiger partial charge in [-0.1, -0.05) is 17.7 Å². The Morgan fingerprint density at radius 2 is 2.15 bits per heavy atom. The van der Waals surface area contributed by atoms with Gasteiger partial charge in [-0.05, 0) is 24.6 Å². The number of carboxylic acids is 1. The third-order valence-corrected chi connectivity index (χ3v) is 2.81. The van der Waals surface area contributed by atoms with Crippen LogP contribution in [0.3, 0.4) is 0 Å². The maximum absolute atomic E-state index is 11.6. The lowest BCUT2D eigenvalue weighted by molar-refractivity contribution is -0.142. The molecule has 7 heteroatoms. The standard InChI is InChI=1S/C13H16ClNO5/c1-8-2-3-9(14)11(6-8)20-7-12(17)15-10(4-5-16)13(18)19/h2-3,6,10,16H,4-5,7H2,1H3,(H,15,17)(H,18,19)/t10-/m0/s1. The van der Waals surface area contributed by atoms with Gasteiger partial charge in [-0.25, -0.2) is 4.79 Å². The molecule has 1 aromatic rings. The van der Waals surface area contributed by atoms with Crippen molar-refractivity contribution in [1.29, 1.82) is 0 Å². The largest absolute Gasteiger partial charge is 0.482 e. The molecule has 0 aliphatic carbocycles. The SMILES string of the molecule is Cc1ccc(Cl)c(OCC(=O)N[C@@H](CCO)C(=O)O)c1. The Balaban J connectivity index is 2.54. The number of carboxylic acid groups (broad SMARTS) is 1. The highest BCUT2D eigenvalue weighted by Gasteiger charge is 2.19. The summed E-state index contributed by atoms with van der Waals surface area (Å²) in [6.07, 6.45) is -0.0632. The number of hydrogen-bond donors (Lipinski definition) is 3. The van der Waals surface area contributed by atoms with Gasteiger partial charge in [-0.3, -0.25) is 4.79 Å². The summed E-state index contributed by atoms with van der Waals surface area (Å²) < 4.78 is 5.24. The number of aliphatic hydroxyl groups is 1. The number of rotatable bonds is 7. The van der Waals surface area contributed by atoms with Crippen molar-refractivity contribution in [3.63, 3.8) is 0 Å². The molecule has 0 unspecified atom stereocenters. The van der Waals surface area contributed by atoms with E-state index < -0.39 is 17.9 Å². The molecule has 0 aliphatic heterocycles. The molecule has 0 heterocycles. The molecule has 1 rings (SSSR count). The molecular weight excluding hydrogens is 286 g/mol. The summed E-state index contributed by atoms with van der Waals surface area (Å²) in [7, 11) is 0. The summed E-state index contributed by atoms with van der Waals surface area (Å²) in [4.78, 5) is 22.4. The molecule has 0 saturated carbocycles. The van der Waals surface area contributed by atoms with Crippen molar-refractivity contribution in [3.05, 3.63) is 28.8 Å². The molecule has 0 aromatic heterocycles. The van der Waals surface area contributed by atoms with E-state index in [1.807, 2.05) is 6.92 Å². The fourth-order valence-corrected chi connectivity index (χ4v) is 1.66. The Hall–Kier alpha value is -1.79. The van der Waals surface area contributed by atoms with Crippen LogP contribution in [-0.4, -0.2) is 41.3 Å². The van der Waals surface area contributed by atoms with Crippen LogP contribution in [-0.2, 0) is 9.59 Å². The van der Waals surface area contributed by atoms with Crippen molar-refractivity contribution >= 4 is 23.5 Å². The highest BCUT2D eigenvalue weighted by molar-refractivity contribution is 6.32. The molecule has 20 heavy (non-hydrogen) atoms. The Labute approximate surface area is 121 Å². The highest BCUT2D eigenvalue weighted by atomic mass is 35.5. The molecule has 1 aromatic carbocycles. The van der Waals surface area contributed by atoms with Gasteiger partial charge < -0.3 is 20.3 Å². The quantitative estimate of drug-likeness (QED) is 0.697. The van der Waals surface area contributed by atoms with E-state index in [0.717, 1.165) is 5.56 Å². The second-order valence-electron chi connectivity index (χ2n) is 4.19. The Morgan fingerprint density at radius 3 is 2.75 bits per heavy atom. The van der Waals surface area contributed by atoms with Crippen molar-refractivity contribution in [2.24, 2.45) is 0 Å². The molecule has 1 atom stereocenters. The van der Waals surface area contributed by atoms with Gasteiger partial charge in [0.25, 0.3) is 5.91 Å². The Morgan fingerprint density at radius 1 is 1.45 bits per heavy atom. The normalized spacial score (nSPS) is 11.8. The van der Waals surface area contributed by atoms with Gasteiger partial charge in [0.1, 0.15) is 11.8 Å². The summed E-state index contributed by atoms with van der Waals surface area (Å²) in [6.45, 7) is 1.17. The van der Waals surface area contributed by atoms with E-state index in [2.05, 4.69) is 5.32 Å². The number of carbonyl (C=O) groups excluding carboxylic acids is 1. The van der Waals surface area contributed by atoms with E-state index in [0.29, 0.717) is 10.8 Å². The molecule has 0 spiro atoms. The van der Waals surface area contributed by atoms with Crippen LogP contribution in [0.4, 0.5) is 0 Å². The Bertz CT molecular complexity index is 492. The van der Waals surface area contributed by atoms with Crippen molar-refractivity contribution in [2.45, 2.75) is 19.4 Å². The fraction of sp³-hybridized carbons (Fsp3) is 0.385. The van der Waals surface area contributed by atoms with Gasteiger partial charge >= 0.3 is 5.97 Å². The number of carbonyl (C=O) groups is 2. The molecule has 0 fully saturated rings. The first-order valence-electron chi connectivity index (χ1n) is 5.96. The van der Waals surface area contributed by atoms with Crippen LogP contribution in [0.5, 0.6) is 5.75 Å². The average Bonchev–Trinajstić information content (AvgIpc) is 2.39. The number of aliphatic carboxylic acids is 1.